The predicted molar refractivity (Wildman–Crippen MR) is 339 cm³/mol. The standard InChI is InChI=1S/C63H110N7O19P/c1-4-7-9-11-13-15-17-19-21-23-25-27-29-31-33-39-62(82)86-50-52(89-63(83)40-34-32-30-28-26-24-22-20-18-16-14-12-10-8-5-2)51-88-90(84,85)87-42-41-64-53(71)37-35-36-38-54(72)65-43-55(73)68-46-59(77)70(49-61(80)81)47-57(75)66-44-56(74)67-45-58(76)69(6-3)48-60(78)79/h19-22,52H,4-18,23-51H2,1-3H3,(H,64,71)(H,65,72)(H,66,75)(H,67,74)(H,68,73)(H,78,79)(H,80,81)(H,84,85)/b21-19+,22-20+. The number of hydrogen-bond acceptors (Lipinski definition) is 16. The number of carbonyl (C=O) groups excluding carboxylic acids is 9. The van der Waals surface area contributed by atoms with Crippen LogP contribution in [0.4, 0.5) is 0 Å². The number of ether oxygens (including phenoxy) is 2. The highest BCUT2D eigenvalue weighted by atomic mass is 31.2. The van der Waals surface area contributed by atoms with E-state index in [1.54, 1.807) is 6.92 Å². The highest BCUT2D eigenvalue weighted by Crippen LogP contribution is 2.43. The predicted octanol–water partition coefficient (Wildman–Crippen LogP) is 7.64. The average molecular weight is 1300 g/mol. The van der Waals surface area contributed by atoms with E-state index in [1.807, 2.05) is 0 Å². The van der Waals surface area contributed by atoms with Gasteiger partial charge in [0.1, 0.15) is 26.2 Å². The van der Waals surface area contributed by atoms with Gasteiger partial charge in [-0.25, -0.2) is 4.57 Å². The van der Waals surface area contributed by atoms with Gasteiger partial charge >= 0.3 is 31.7 Å². The maximum Gasteiger partial charge on any atom is 0.472 e. The van der Waals surface area contributed by atoms with E-state index in [4.69, 9.17) is 23.6 Å². The number of allylic oxidation sites excluding steroid dienone is 4. The molecule has 0 radical (unpaired) electrons. The maximum absolute atomic E-state index is 12.9. The molecule has 0 saturated carbocycles. The molecule has 7 amide bonds. The van der Waals surface area contributed by atoms with Crippen LogP contribution in [0.3, 0.4) is 0 Å². The molecule has 27 heteroatoms. The molecule has 90 heavy (non-hydrogen) atoms. The van der Waals surface area contributed by atoms with Crippen molar-refractivity contribution in [3.05, 3.63) is 24.3 Å². The number of carboxylic acid groups (broad SMARTS) is 2. The van der Waals surface area contributed by atoms with Crippen molar-refractivity contribution in [3.63, 3.8) is 0 Å². The van der Waals surface area contributed by atoms with Gasteiger partial charge < -0.3 is 61.0 Å². The molecule has 2 unspecified atom stereocenters. The minimum atomic E-state index is -4.74. The van der Waals surface area contributed by atoms with Crippen LogP contribution in [0, 0.1) is 0 Å². The number of carbonyl (C=O) groups is 11. The van der Waals surface area contributed by atoms with E-state index in [2.05, 4.69) is 64.7 Å². The molecule has 0 spiro atoms. The maximum atomic E-state index is 12.9. The lowest BCUT2D eigenvalue weighted by Crippen LogP contribution is -2.49. The lowest BCUT2D eigenvalue weighted by molar-refractivity contribution is -0.161. The fourth-order valence-electron chi connectivity index (χ4n) is 8.83. The number of phosphoric acid groups is 1. The van der Waals surface area contributed by atoms with Crippen LogP contribution < -0.4 is 26.6 Å². The normalized spacial score (nSPS) is 12.2. The first-order chi connectivity index (χ1) is 43.2. The molecule has 0 heterocycles. The number of esters is 2. The molecular formula is C63H110N7O19P. The Labute approximate surface area is 533 Å². The number of rotatable bonds is 60. The van der Waals surface area contributed by atoms with Crippen molar-refractivity contribution in [3.8, 4) is 0 Å². The van der Waals surface area contributed by atoms with E-state index in [0.717, 1.165) is 81.9 Å². The number of carboxylic acids is 2. The summed E-state index contributed by atoms with van der Waals surface area (Å²) in [5.74, 6) is -9.09. The molecule has 8 N–H and O–H groups in total. The molecule has 0 bridgehead atoms. The molecule has 0 saturated heterocycles. The number of nitrogens with zero attached hydrogens (tertiary/aromatic N) is 2. The van der Waals surface area contributed by atoms with Crippen molar-refractivity contribution < 1.29 is 90.9 Å². The Hall–Kier alpha value is -6.24. The number of hydrogen-bond donors (Lipinski definition) is 8. The molecule has 0 aromatic heterocycles. The van der Waals surface area contributed by atoms with E-state index in [1.165, 1.54) is 77.0 Å². The molecule has 0 aliphatic heterocycles. The number of likely N-dealkylation sites (N-methyl/N-ethyl adjacent to an activating group) is 1. The number of phosphoric ester groups is 1. The van der Waals surface area contributed by atoms with Gasteiger partial charge in [0.25, 0.3) is 0 Å². The van der Waals surface area contributed by atoms with Gasteiger partial charge in [0.2, 0.25) is 41.4 Å². The second-order valence-corrected chi connectivity index (χ2v) is 23.6. The number of nitrogens with one attached hydrogen (secondary N) is 5. The SMILES string of the molecule is CCCCCCCC/C=C/CCCCCCCC(=O)OCC(COP(=O)(O)OCCNC(=O)CCCCC(=O)NCC(=O)NCC(=O)N(CC(=O)O)CC(=O)NCC(=O)NCC(=O)N(CC)CC(=O)O)OC(=O)CCCCCCC/C=C/CCCCCCCC. The van der Waals surface area contributed by atoms with Crippen LogP contribution in [0.1, 0.15) is 226 Å². The summed E-state index contributed by atoms with van der Waals surface area (Å²) in [6.07, 6.45) is 37.3. The topological polar surface area (TPSA) is 369 Å². The molecule has 0 aliphatic rings. The summed E-state index contributed by atoms with van der Waals surface area (Å²) in [7, 11) is -4.74. The zero-order valence-electron chi connectivity index (χ0n) is 54.2. The Morgan fingerprint density at radius 2 is 0.811 bits per heavy atom. The minimum absolute atomic E-state index is 0.0314. The van der Waals surface area contributed by atoms with E-state index in [0.29, 0.717) is 17.7 Å². The summed E-state index contributed by atoms with van der Waals surface area (Å²) in [4.78, 5) is 146. The van der Waals surface area contributed by atoms with Crippen LogP contribution in [0.2, 0.25) is 0 Å². The van der Waals surface area contributed by atoms with Gasteiger partial charge in [0.05, 0.1) is 39.4 Å². The van der Waals surface area contributed by atoms with Crippen molar-refractivity contribution >= 4 is 73.1 Å². The zero-order valence-corrected chi connectivity index (χ0v) is 55.1. The van der Waals surface area contributed by atoms with E-state index < -0.39 is 138 Å². The van der Waals surface area contributed by atoms with Gasteiger partial charge in [-0.3, -0.25) is 61.8 Å². The monoisotopic (exact) mass is 1300 g/mol. The van der Waals surface area contributed by atoms with E-state index >= 15 is 0 Å². The Morgan fingerprint density at radius 3 is 1.28 bits per heavy atom. The highest BCUT2D eigenvalue weighted by molar-refractivity contribution is 7.47. The molecule has 2 atom stereocenters. The molecule has 0 rings (SSSR count). The smallest absolute Gasteiger partial charge is 0.472 e. The van der Waals surface area contributed by atoms with Crippen LogP contribution in [0.5, 0.6) is 0 Å². The van der Waals surface area contributed by atoms with Crippen molar-refractivity contribution in [2.24, 2.45) is 0 Å². The third-order valence-corrected chi connectivity index (χ3v) is 15.0. The number of aliphatic carboxylic acids is 2. The molecular weight excluding hydrogens is 1190 g/mol. The Balaban J connectivity index is 4.80. The van der Waals surface area contributed by atoms with Crippen LogP contribution >= 0.6 is 7.82 Å². The lowest BCUT2D eigenvalue weighted by Gasteiger charge is -2.20. The summed E-state index contributed by atoms with van der Waals surface area (Å²) < 4.78 is 34.0. The van der Waals surface area contributed by atoms with Crippen LogP contribution in [-0.4, -0.2) is 175 Å². The average Bonchev–Trinajstić information content (AvgIpc) is 3.58. The molecule has 0 aliphatic carbocycles. The summed E-state index contributed by atoms with van der Waals surface area (Å²) in [5, 5.41) is 29.6. The first-order valence-corrected chi connectivity index (χ1v) is 34.3. The van der Waals surface area contributed by atoms with Gasteiger partial charge in [0.15, 0.2) is 6.10 Å². The van der Waals surface area contributed by atoms with E-state index in [-0.39, 0.29) is 58.2 Å². The van der Waals surface area contributed by atoms with Gasteiger partial charge in [-0.1, -0.05) is 141 Å². The lowest BCUT2D eigenvalue weighted by atomic mass is 10.1. The highest BCUT2D eigenvalue weighted by Gasteiger charge is 2.27. The summed E-state index contributed by atoms with van der Waals surface area (Å²) in [6.45, 7) is -0.432. The molecule has 0 fully saturated rings. The first-order valence-electron chi connectivity index (χ1n) is 32.8. The Kier molecular flexibility index (Phi) is 52.8. The molecule has 516 valence electrons. The third-order valence-electron chi connectivity index (χ3n) is 14.0. The summed E-state index contributed by atoms with van der Waals surface area (Å²) in [6, 6.07) is 0. The number of amides is 7. The fourth-order valence-corrected chi connectivity index (χ4v) is 9.58. The Bertz CT molecular complexity index is 2180. The van der Waals surface area contributed by atoms with Gasteiger partial charge in [-0.05, 0) is 84.0 Å². The van der Waals surface area contributed by atoms with Crippen molar-refractivity contribution in [2.45, 2.75) is 232 Å². The van der Waals surface area contributed by atoms with Gasteiger partial charge in [0, 0.05) is 38.8 Å². The van der Waals surface area contributed by atoms with Crippen molar-refractivity contribution in [2.75, 3.05) is 78.7 Å². The van der Waals surface area contributed by atoms with Gasteiger partial charge in [-0.2, -0.15) is 0 Å². The second-order valence-electron chi connectivity index (χ2n) is 22.2. The Morgan fingerprint density at radius 1 is 0.422 bits per heavy atom. The second kappa shape index (κ2) is 56.7. The first kappa shape index (κ1) is 83.8. The molecule has 0 aromatic carbocycles. The zero-order chi connectivity index (χ0) is 66.9. The summed E-state index contributed by atoms with van der Waals surface area (Å²) >= 11 is 0. The number of unbranched alkanes of at least 4 members (excludes halogenated alkanes) is 23. The largest absolute Gasteiger partial charge is 0.480 e. The fraction of sp³-hybridized carbons (Fsp3) is 0.762. The minimum Gasteiger partial charge on any atom is -0.480 e. The van der Waals surface area contributed by atoms with E-state index in [9.17, 15) is 67.3 Å². The van der Waals surface area contributed by atoms with Crippen LogP contribution in [0.15, 0.2) is 24.3 Å². The quantitative estimate of drug-likeness (QED) is 0.0125. The van der Waals surface area contributed by atoms with Crippen LogP contribution in [0.25, 0.3) is 0 Å². The van der Waals surface area contributed by atoms with Gasteiger partial charge in [-0.15, -0.1) is 0 Å². The third kappa shape index (κ3) is 53.6. The molecule has 0 aromatic rings. The summed E-state index contributed by atoms with van der Waals surface area (Å²) in [5.41, 5.74) is 0. The van der Waals surface area contributed by atoms with Crippen molar-refractivity contribution in [1.29, 1.82) is 0 Å². The van der Waals surface area contributed by atoms with Crippen LogP contribution in [-0.2, 0) is 75.8 Å². The van der Waals surface area contributed by atoms with Crippen molar-refractivity contribution in [1.82, 2.24) is 36.4 Å². The molecule has 26 nitrogen and oxygen atoms in total.